The Labute approximate surface area is 125 Å². The molecule has 1 aromatic rings. The molecule has 2 nitrogen and oxygen atoms in total. The second-order valence-corrected chi connectivity index (χ2v) is 6.29. The number of hydrogen-bond acceptors (Lipinski definition) is 2. The van der Waals surface area contributed by atoms with Crippen molar-refractivity contribution in [3.63, 3.8) is 0 Å². The van der Waals surface area contributed by atoms with Crippen LogP contribution in [0.25, 0.3) is 0 Å². The molecule has 0 saturated heterocycles. The predicted octanol–water partition coefficient (Wildman–Crippen LogP) is 4.26. The number of benzene rings is 1. The van der Waals surface area contributed by atoms with Gasteiger partial charge in [-0.2, -0.15) is 0 Å². The van der Waals surface area contributed by atoms with Crippen molar-refractivity contribution in [1.82, 2.24) is 4.90 Å². The van der Waals surface area contributed by atoms with Gasteiger partial charge in [-0.3, -0.25) is 4.90 Å². The Kier molecular flexibility index (Phi) is 7.08. The molecule has 1 aromatic carbocycles. The highest BCUT2D eigenvalue weighted by Gasteiger charge is 2.24. The molecule has 1 rings (SSSR count). The summed E-state index contributed by atoms with van der Waals surface area (Å²) in [6, 6.07) is 11.8. The van der Waals surface area contributed by atoms with E-state index in [1.54, 1.807) is 0 Å². The number of ether oxygens (including phenoxy) is 1. The average Bonchev–Trinajstić information content (AvgIpc) is 2.43. The molecule has 0 amide bonds. The van der Waals surface area contributed by atoms with Gasteiger partial charge in [-0.15, -0.1) is 0 Å². The highest BCUT2D eigenvalue weighted by molar-refractivity contribution is 5.20. The Morgan fingerprint density at radius 3 is 1.90 bits per heavy atom. The molecule has 0 bridgehead atoms. The van der Waals surface area contributed by atoms with Gasteiger partial charge in [0.2, 0.25) is 0 Å². The lowest BCUT2D eigenvalue weighted by Gasteiger charge is -2.38. The van der Waals surface area contributed by atoms with E-state index in [4.69, 9.17) is 4.74 Å². The highest BCUT2D eigenvalue weighted by Crippen LogP contribution is 2.18. The quantitative estimate of drug-likeness (QED) is 0.703. The minimum absolute atomic E-state index is 0.570. The SMILES string of the molecule is CC(C)C(C)N(CCOc1cc[c]cc1)C(C)C(C)C. The fourth-order valence-corrected chi connectivity index (χ4v) is 2.28. The first-order valence-corrected chi connectivity index (χ1v) is 7.78. The number of hydrogen-bond donors (Lipinski definition) is 0. The second kappa shape index (κ2) is 8.31. The Morgan fingerprint density at radius 2 is 1.45 bits per heavy atom. The molecule has 0 spiro atoms. The van der Waals surface area contributed by atoms with Crippen molar-refractivity contribution in [1.29, 1.82) is 0 Å². The van der Waals surface area contributed by atoms with E-state index in [1.807, 2.05) is 24.3 Å². The van der Waals surface area contributed by atoms with E-state index < -0.39 is 0 Å². The van der Waals surface area contributed by atoms with E-state index in [-0.39, 0.29) is 0 Å². The average molecular weight is 276 g/mol. The summed E-state index contributed by atoms with van der Waals surface area (Å²) in [7, 11) is 0. The highest BCUT2D eigenvalue weighted by atomic mass is 16.5. The Hall–Kier alpha value is -1.02. The molecule has 0 N–H and O–H groups in total. The maximum atomic E-state index is 5.83. The summed E-state index contributed by atoms with van der Waals surface area (Å²) in [6.07, 6.45) is 0. The topological polar surface area (TPSA) is 12.5 Å². The third-order valence-corrected chi connectivity index (χ3v) is 4.28. The van der Waals surface area contributed by atoms with Crippen LogP contribution in [0.1, 0.15) is 41.5 Å². The van der Waals surface area contributed by atoms with Gasteiger partial charge in [-0.05, 0) is 43.9 Å². The largest absolute Gasteiger partial charge is 0.492 e. The summed E-state index contributed by atoms with van der Waals surface area (Å²) < 4.78 is 5.83. The van der Waals surface area contributed by atoms with Crippen molar-refractivity contribution >= 4 is 0 Å². The van der Waals surface area contributed by atoms with Crippen LogP contribution >= 0.6 is 0 Å². The molecular formula is C18H30NO. The molecular weight excluding hydrogens is 246 g/mol. The lowest BCUT2D eigenvalue weighted by Crippen LogP contribution is -2.47. The monoisotopic (exact) mass is 276 g/mol. The van der Waals surface area contributed by atoms with Crippen LogP contribution in [0.4, 0.5) is 0 Å². The summed E-state index contributed by atoms with van der Waals surface area (Å²) >= 11 is 0. The van der Waals surface area contributed by atoms with E-state index in [1.165, 1.54) is 0 Å². The van der Waals surface area contributed by atoms with E-state index in [2.05, 4.69) is 52.5 Å². The van der Waals surface area contributed by atoms with Crippen LogP contribution in [-0.2, 0) is 0 Å². The lowest BCUT2D eigenvalue weighted by molar-refractivity contribution is 0.0775. The van der Waals surface area contributed by atoms with Crippen molar-refractivity contribution < 1.29 is 4.74 Å². The molecule has 0 aliphatic carbocycles. The van der Waals surface area contributed by atoms with Crippen molar-refractivity contribution in [2.45, 2.75) is 53.6 Å². The fraction of sp³-hybridized carbons (Fsp3) is 0.667. The molecule has 0 aromatic heterocycles. The first-order chi connectivity index (χ1) is 9.43. The van der Waals surface area contributed by atoms with Crippen LogP contribution in [0.5, 0.6) is 5.75 Å². The van der Waals surface area contributed by atoms with Gasteiger partial charge in [0, 0.05) is 18.6 Å². The second-order valence-electron chi connectivity index (χ2n) is 6.29. The minimum Gasteiger partial charge on any atom is -0.492 e. The third kappa shape index (κ3) is 5.16. The number of rotatable bonds is 8. The van der Waals surface area contributed by atoms with Crippen molar-refractivity contribution in [3.8, 4) is 5.75 Å². The first-order valence-electron chi connectivity index (χ1n) is 7.78. The number of nitrogens with zero attached hydrogens (tertiary/aromatic N) is 1. The van der Waals surface area contributed by atoms with Gasteiger partial charge in [0.25, 0.3) is 0 Å². The molecule has 2 atom stereocenters. The van der Waals surface area contributed by atoms with Gasteiger partial charge in [-0.25, -0.2) is 0 Å². The van der Waals surface area contributed by atoms with Gasteiger partial charge in [0.1, 0.15) is 12.4 Å². The van der Waals surface area contributed by atoms with Gasteiger partial charge in [-0.1, -0.05) is 39.8 Å². The zero-order valence-electron chi connectivity index (χ0n) is 13.9. The normalized spacial score (nSPS) is 14.8. The Morgan fingerprint density at radius 1 is 0.950 bits per heavy atom. The van der Waals surface area contributed by atoms with Crippen LogP contribution in [-0.4, -0.2) is 30.1 Å². The van der Waals surface area contributed by atoms with E-state index in [0.717, 1.165) is 18.9 Å². The smallest absolute Gasteiger partial charge is 0.119 e. The lowest BCUT2D eigenvalue weighted by atomic mass is 9.98. The van der Waals surface area contributed by atoms with Crippen LogP contribution in [0.15, 0.2) is 24.3 Å². The maximum Gasteiger partial charge on any atom is 0.119 e. The van der Waals surface area contributed by atoms with Crippen LogP contribution < -0.4 is 4.74 Å². The van der Waals surface area contributed by atoms with Crippen molar-refractivity contribution in [2.24, 2.45) is 11.8 Å². The van der Waals surface area contributed by atoms with Gasteiger partial charge >= 0.3 is 0 Å². The van der Waals surface area contributed by atoms with Crippen LogP contribution in [0.3, 0.4) is 0 Å². The summed E-state index contributed by atoms with van der Waals surface area (Å²) in [5.41, 5.74) is 0. The van der Waals surface area contributed by atoms with E-state index in [9.17, 15) is 0 Å². The molecule has 20 heavy (non-hydrogen) atoms. The molecule has 0 saturated carbocycles. The van der Waals surface area contributed by atoms with Crippen molar-refractivity contribution in [2.75, 3.05) is 13.2 Å². The van der Waals surface area contributed by atoms with Gasteiger partial charge in [0.05, 0.1) is 0 Å². The van der Waals surface area contributed by atoms with Crippen LogP contribution in [0.2, 0.25) is 0 Å². The van der Waals surface area contributed by atoms with Crippen molar-refractivity contribution in [3.05, 3.63) is 30.3 Å². The molecule has 1 radical (unpaired) electrons. The first kappa shape index (κ1) is 17.0. The fourth-order valence-electron chi connectivity index (χ4n) is 2.28. The minimum atomic E-state index is 0.570. The Bertz CT molecular complexity index is 347. The van der Waals surface area contributed by atoms with Gasteiger partial charge in [0.15, 0.2) is 0 Å². The molecule has 0 fully saturated rings. The summed E-state index contributed by atoms with van der Waals surface area (Å²) in [5, 5.41) is 0. The van der Waals surface area contributed by atoms with Gasteiger partial charge < -0.3 is 4.74 Å². The Balaban J connectivity index is 2.56. The molecule has 113 valence electrons. The zero-order valence-corrected chi connectivity index (χ0v) is 13.9. The summed E-state index contributed by atoms with van der Waals surface area (Å²) in [4.78, 5) is 2.57. The summed E-state index contributed by atoms with van der Waals surface area (Å²) in [6.45, 7) is 15.5. The molecule has 2 unspecified atom stereocenters. The standard InChI is InChI=1S/C18H30NO/c1-14(2)16(5)19(17(6)15(3)4)12-13-20-18-10-8-7-9-11-18/h8-11,14-17H,12-13H2,1-6H3. The van der Waals surface area contributed by atoms with Crippen LogP contribution in [0, 0.1) is 17.9 Å². The summed E-state index contributed by atoms with van der Waals surface area (Å²) in [5.74, 6) is 2.24. The van der Waals surface area contributed by atoms with E-state index in [0.29, 0.717) is 23.9 Å². The molecule has 0 aliphatic rings. The maximum absolute atomic E-state index is 5.83. The van der Waals surface area contributed by atoms with E-state index >= 15 is 0 Å². The third-order valence-electron chi connectivity index (χ3n) is 4.28. The predicted molar refractivity (Wildman–Crippen MR) is 86.1 cm³/mol. The molecule has 0 aliphatic heterocycles. The zero-order chi connectivity index (χ0) is 15.1. The molecule has 2 heteroatoms. The molecule has 0 heterocycles.